The third-order valence-electron chi connectivity index (χ3n) is 3.10. The van der Waals surface area contributed by atoms with E-state index in [0.717, 1.165) is 5.56 Å². The molecule has 0 aliphatic carbocycles. The lowest BCUT2D eigenvalue weighted by molar-refractivity contribution is 0.0526. The Balaban J connectivity index is 2.58. The van der Waals surface area contributed by atoms with Crippen LogP contribution in [-0.4, -0.2) is 43.0 Å². The van der Waals surface area contributed by atoms with Crippen LogP contribution in [0.3, 0.4) is 0 Å². The summed E-state index contributed by atoms with van der Waals surface area (Å²) in [6.07, 6.45) is 3.36. The molecule has 0 aliphatic rings. The topological polar surface area (TPSA) is 70.5 Å². The number of aromatic nitrogens is 2. The Morgan fingerprint density at radius 2 is 1.96 bits per heavy atom. The van der Waals surface area contributed by atoms with Gasteiger partial charge in [-0.15, -0.1) is 0 Å². The molecule has 0 bridgehead atoms. The maximum atomic E-state index is 12.2. The molecular formula is C16H18N2O4S. The highest BCUT2D eigenvalue weighted by Gasteiger charge is 2.18. The summed E-state index contributed by atoms with van der Waals surface area (Å²) in [4.78, 5) is 20.8. The van der Waals surface area contributed by atoms with Gasteiger partial charge in [0.15, 0.2) is 16.7 Å². The number of carbonyl (C=O) groups excluding carboxylic acids is 1. The van der Waals surface area contributed by atoms with Gasteiger partial charge in [0, 0.05) is 11.8 Å². The second-order valence-electron chi connectivity index (χ2n) is 4.41. The van der Waals surface area contributed by atoms with Crippen LogP contribution in [0.25, 0.3) is 11.3 Å². The number of ether oxygens (including phenoxy) is 3. The van der Waals surface area contributed by atoms with Crippen LogP contribution in [0.4, 0.5) is 0 Å². The minimum atomic E-state index is -0.454. The monoisotopic (exact) mass is 334 g/mol. The Labute approximate surface area is 139 Å². The summed E-state index contributed by atoms with van der Waals surface area (Å²) in [7, 11) is 3.12. The van der Waals surface area contributed by atoms with E-state index in [1.54, 1.807) is 33.3 Å². The number of benzene rings is 1. The fourth-order valence-corrected chi connectivity index (χ4v) is 2.37. The van der Waals surface area contributed by atoms with Crippen molar-refractivity contribution in [1.29, 1.82) is 0 Å². The van der Waals surface area contributed by atoms with Gasteiger partial charge in [0.2, 0.25) is 0 Å². The van der Waals surface area contributed by atoms with Crippen LogP contribution in [0.2, 0.25) is 0 Å². The molecule has 2 aromatic rings. The van der Waals surface area contributed by atoms with E-state index in [4.69, 9.17) is 14.2 Å². The van der Waals surface area contributed by atoms with E-state index < -0.39 is 5.97 Å². The lowest BCUT2D eigenvalue weighted by Gasteiger charge is -2.12. The Morgan fingerprint density at radius 1 is 1.22 bits per heavy atom. The highest BCUT2D eigenvalue weighted by molar-refractivity contribution is 7.98. The highest BCUT2D eigenvalue weighted by atomic mass is 32.2. The Bertz CT molecular complexity index is 706. The van der Waals surface area contributed by atoms with Gasteiger partial charge in [-0.1, -0.05) is 11.8 Å². The summed E-state index contributed by atoms with van der Waals surface area (Å²) in [5.74, 6) is 0.710. The predicted molar refractivity (Wildman–Crippen MR) is 88.3 cm³/mol. The van der Waals surface area contributed by atoms with Gasteiger partial charge in [-0.3, -0.25) is 0 Å². The molecule has 0 fully saturated rings. The molecule has 1 heterocycles. The van der Waals surface area contributed by atoms with Crippen molar-refractivity contribution in [3.8, 4) is 22.8 Å². The minimum absolute atomic E-state index is 0.286. The molecule has 0 amide bonds. The molecule has 122 valence electrons. The number of rotatable bonds is 6. The zero-order valence-electron chi connectivity index (χ0n) is 13.5. The SMILES string of the molecule is CCOC(=O)c1cnc(SC)nc1-c1ccc(OC)c(OC)c1. The molecule has 0 unspecified atom stereocenters. The zero-order chi connectivity index (χ0) is 16.8. The fourth-order valence-electron chi connectivity index (χ4n) is 2.03. The molecule has 6 nitrogen and oxygen atoms in total. The van der Waals surface area contributed by atoms with Gasteiger partial charge in [-0.05, 0) is 31.4 Å². The molecule has 7 heteroatoms. The molecule has 0 saturated carbocycles. The molecule has 1 aromatic carbocycles. The molecule has 0 atom stereocenters. The lowest BCUT2D eigenvalue weighted by atomic mass is 10.1. The van der Waals surface area contributed by atoms with Crippen molar-refractivity contribution in [1.82, 2.24) is 9.97 Å². The molecular weight excluding hydrogens is 316 g/mol. The summed E-state index contributed by atoms with van der Waals surface area (Å²) >= 11 is 1.40. The number of methoxy groups -OCH3 is 2. The molecule has 1 aromatic heterocycles. The molecule has 0 spiro atoms. The molecule has 0 radical (unpaired) electrons. The molecule has 0 N–H and O–H groups in total. The summed E-state index contributed by atoms with van der Waals surface area (Å²) in [5.41, 5.74) is 1.55. The van der Waals surface area contributed by atoms with E-state index in [-0.39, 0.29) is 6.61 Å². The standard InChI is InChI=1S/C16H18N2O4S/c1-5-22-15(19)11-9-17-16(23-4)18-14(11)10-6-7-12(20-2)13(8-10)21-3/h6-9H,5H2,1-4H3. The van der Waals surface area contributed by atoms with E-state index >= 15 is 0 Å². The predicted octanol–water partition coefficient (Wildman–Crippen LogP) is 3.06. The van der Waals surface area contributed by atoms with Crippen LogP contribution in [0.1, 0.15) is 17.3 Å². The number of nitrogens with zero attached hydrogens (tertiary/aromatic N) is 2. The minimum Gasteiger partial charge on any atom is -0.493 e. The van der Waals surface area contributed by atoms with Crippen molar-refractivity contribution in [2.75, 3.05) is 27.1 Å². The third-order valence-corrected chi connectivity index (χ3v) is 3.66. The van der Waals surface area contributed by atoms with Crippen LogP contribution >= 0.6 is 11.8 Å². The first kappa shape index (κ1) is 17.1. The van der Waals surface area contributed by atoms with Gasteiger partial charge in [-0.2, -0.15) is 0 Å². The van der Waals surface area contributed by atoms with E-state index in [9.17, 15) is 4.79 Å². The maximum Gasteiger partial charge on any atom is 0.341 e. The molecule has 2 rings (SSSR count). The van der Waals surface area contributed by atoms with Crippen LogP contribution in [0, 0.1) is 0 Å². The lowest BCUT2D eigenvalue weighted by Crippen LogP contribution is -2.09. The molecule has 0 saturated heterocycles. The van der Waals surface area contributed by atoms with Crippen LogP contribution < -0.4 is 9.47 Å². The summed E-state index contributed by atoms with van der Waals surface area (Å²) in [6, 6.07) is 5.36. The van der Waals surface area contributed by atoms with Crippen molar-refractivity contribution in [3.63, 3.8) is 0 Å². The van der Waals surface area contributed by atoms with Crippen molar-refractivity contribution in [2.45, 2.75) is 12.1 Å². The van der Waals surface area contributed by atoms with Gasteiger partial charge >= 0.3 is 5.97 Å². The molecule has 23 heavy (non-hydrogen) atoms. The number of esters is 1. The van der Waals surface area contributed by atoms with Crippen LogP contribution in [0.15, 0.2) is 29.6 Å². The molecule has 0 aliphatic heterocycles. The van der Waals surface area contributed by atoms with Crippen LogP contribution in [-0.2, 0) is 4.74 Å². The van der Waals surface area contributed by atoms with E-state index in [0.29, 0.717) is 27.9 Å². The van der Waals surface area contributed by atoms with E-state index in [2.05, 4.69) is 9.97 Å². The van der Waals surface area contributed by atoms with Crippen molar-refractivity contribution in [2.24, 2.45) is 0 Å². The van der Waals surface area contributed by atoms with E-state index in [1.807, 2.05) is 12.3 Å². The zero-order valence-corrected chi connectivity index (χ0v) is 14.3. The van der Waals surface area contributed by atoms with Crippen molar-refractivity contribution >= 4 is 17.7 Å². The first-order valence-corrected chi connectivity index (χ1v) is 8.17. The number of thioether (sulfide) groups is 1. The quantitative estimate of drug-likeness (QED) is 0.457. The van der Waals surface area contributed by atoms with Gasteiger partial charge < -0.3 is 14.2 Å². The largest absolute Gasteiger partial charge is 0.493 e. The first-order valence-electron chi connectivity index (χ1n) is 6.95. The Hall–Kier alpha value is -2.28. The van der Waals surface area contributed by atoms with Crippen molar-refractivity contribution in [3.05, 3.63) is 30.0 Å². The van der Waals surface area contributed by atoms with Crippen molar-refractivity contribution < 1.29 is 19.0 Å². The number of hydrogen-bond donors (Lipinski definition) is 0. The van der Waals surface area contributed by atoms with Gasteiger partial charge in [0.25, 0.3) is 0 Å². The fraction of sp³-hybridized carbons (Fsp3) is 0.312. The Morgan fingerprint density at radius 3 is 2.57 bits per heavy atom. The number of hydrogen-bond acceptors (Lipinski definition) is 7. The smallest absolute Gasteiger partial charge is 0.341 e. The van der Waals surface area contributed by atoms with Gasteiger partial charge in [0.1, 0.15) is 5.56 Å². The average Bonchev–Trinajstić information content (AvgIpc) is 2.60. The van der Waals surface area contributed by atoms with Crippen LogP contribution in [0.5, 0.6) is 11.5 Å². The van der Waals surface area contributed by atoms with E-state index in [1.165, 1.54) is 18.0 Å². The summed E-state index contributed by atoms with van der Waals surface area (Å²) < 4.78 is 15.6. The normalized spacial score (nSPS) is 10.3. The number of carbonyl (C=O) groups is 1. The van der Waals surface area contributed by atoms with Gasteiger partial charge in [-0.25, -0.2) is 14.8 Å². The summed E-state index contributed by atoms with van der Waals surface area (Å²) in [5, 5.41) is 0.572. The van der Waals surface area contributed by atoms with Gasteiger partial charge in [0.05, 0.1) is 26.5 Å². The Kier molecular flexibility index (Phi) is 5.81. The second-order valence-corrected chi connectivity index (χ2v) is 5.18. The maximum absolute atomic E-state index is 12.2. The third kappa shape index (κ3) is 3.73. The second kappa shape index (κ2) is 7.82. The highest BCUT2D eigenvalue weighted by Crippen LogP contribution is 2.33. The first-order chi connectivity index (χ1) is 11.1. The summed E-state index contributed by atoms with van der Waals surface area (Å²) in [6.45, 7) is 2.04. The average molecular weight is 334 g/mol.